The van der Waals surface area contributed by atoms with Gasteiger partial charge in [0.05, 0.1) is 24.3 Å². The highest BCUT2D eigenvalue weighted by atomic mass is 32.2. The minimum Gasteiger partial charge on any atom is -0.497 e. The van der Waals surface area contributed by atoms with Crippen molar-refractivity contribution in [3.8, 4) is 11.5 Å². The Bertz CT molecular complexity index is 1780. The molecule has 0 heterocycles. The van der Waals surface area contributed by atoms with E-state index in [0.29, 0.717) is 18.1 Å². The van der Waals surface area contributed by atoms with E-state index < -0.39 is 28.5 Å². The summed E-state index contributed by atoms with van der Waals surface area (Å²) < 4.78 is 41.1. The van der Waals surface area contributed by atoms with E-state index >= 15 is 0 Å². The largest absolute Gasteiger partial charge is 0.497 e. The molecule has 1 fully saturated rings. The predicted octanol–water partition coefficient (Wildman–Crippen LogP) is 6.38. The van der Waals surface area contributed by atoms with Crippen molar-refractivity contribution in [2.45, 2.75) is 69.0 Å². The Morgan fingerprint density at radius 2 is 1.49 bits per heavy atom. The molecule has 1 atom stereocenters. The van der Waals surface area contributed by atoms with Crippen LogP contribution in [0.5, 0.6) is 11.5 Å². The second-order valence-corrected chi connectivity index (χ2v) is 14.0. The zero-order valence-electron chi connectivity index (χ0n) is 28.2. The molecule has 2 amide bonds. The van der Waals surface area contributed by atoms with E-state index in [2.05, 4.69) is 5.32 Å². The molecule has 9 nitrogen and oxygen atoms in total. The topological polar surface area (TPSA) is 105 Å². The molecule has 5 rings (SSSR count). The van der Waals surface area contributed by atoms with Crippen molar-refractivity contribution in [2.24, 2.45) is 0 Å². The van der Waals surface area contributed by atoms with Crippen LogP contribution < -0.4 is 19.1 Å². The first kappa shape index (κ1) is 35.5. The van der Waals surface area contributed by atoms with Gasteiger partial charge in [0.25, 0.3) is 10.0 Å². The second-order valence-electron chi connectivity index (χ2n) is 12.1. The molecular formula is C39H45N3O6S. The van der Waals surface area contributed by atoms with Gasteiger partial charge in [-0.3, -0.25) is 13.9 Å². The number of hydrogen-bond donors (Lipinski definition) is 1. The number of anilines is 1. The highest BCUT2D eigenvalue weighted by Crippen LogP contribution is 2.33. The monoisotopic (exact) mass is 683 g/mol. The Balaban J connectivity index is 1.59. The van der Waals surface area contributed by atoms with Gasteiger partial charge in [0.15, 0.2) is 0 Å². The maximum Gasteiger partial charge on any atom is 0.264 e. The summed E-state index contributed by atoms with van der Waals surface area (Å²) in [7, 11) is -2.68. The molecular weight excluding hydrogens is 639 g/mol. The number of carbonyl (C=O) groups excluding carboxylic acids is 2. The van der Waals surface area contributed by atoms with Crippen molar-refractivity contribution in [1.29, 1.82) is 0 Å². The second kappa shape index (κ2) is 17.0. The van der Waals surface area contributed by atoms with Crippen LogP contribution in [0.1, 0.15) is 50.2 Å². The molecule has 49 heavy (non-hydrogen) atoms. The zero-order valence-corrected chi connectivity index (χ0v) is 29.0. The molecule has 1 aliphatic rings. The zero-order chi connectivity index (χ0) is 34.6. The molecule has 4 aromatic carbocycles. The van der Waals surface area contributed by atoms with Gasteiger partial charge in [-0.2, -0.15) is 0 Å². The molecule has 258 valence electrons. The van der Waals surface area contributed by atoms with E-state index in [-0.39, 0.29) is 35.5 Å². The van der Waals surface area contributed by atoms with Crippen LogP contribution in [0.15, 0.2) is 114 Å². The van der Waals surface area contributed by atoms with Crippen molar-refractivity contribution < 1.29 is 27.5 Å². The van der Waals surface area contributed by atoms with Gasteiger partial charge in [0.2, 0.25) is 11.8 Å². The van der Waals surface area contributed by atoms with Gasteiger partial charge in [0, 0.05) is 19.0 Å². The number of methoxy groups -OCH3 is 1. The SMILES string of the molecule is CCOc1ccccc1N(CC(=O)N(Cc1cccc(OC)c1)C(Cc1ccccc1)C(=O)NC1CCCCC1)S(=O)(=O)c1ccccc1. The van der Waals surface area contributed by atoms with E-state index in [1.54, 1.807) is 49.6 Å². The predicted molar refractivity (Wildman–Crippen MR) is 191 cm³/mol. The summed E-state index contributed by atoms with van der Waals surface area (Å²) >= 11 is 0. The summed E-state index contributed by atoms with van der Waals surface area (Å²) in [6.07, 6.45) is 5.21. The van der Waals surface area contributed by atoms with Gasteiger partial charge in [-0.05, 0) is 67.3 Å². The minimum atomic E-state index is -4.25. The summed E-state index contributed by atoms with van der Waals surface area (Å²) in [5, 5.41) is 3.24. The third kappa shape index (κ3) is 9.20. The first-order chi connectivity index (χ1) is 23.8. The molecule has 4 aromatic rings. The first-order valence-corrected chi connectivity index (χ1v) is 18.3. The van der Waals surface area contributed by atoms with Crippen LogP contribution in [0.2, 0.25) is 0 Å². The Morgan fingerprint density at radius 3 is 2.18 bits per heavy atom. The molecule has 10 heteroatoms. The van der Waals surface area contributed by atoms with E-state index in [0.717, 1.165) is 47.5 Å². The number of benzene rings is 4. The van der Waals surface area contributed by atoms with Gasteiger partial charge in [-0.1, -0.05) is 92.1 Å². The summed E-state index contributed by atoms with van der Waals surface area (Å²) in [5.74, 6) is 0.134. The number of sulfonamides is 1. The number of carbonyl (C=O) groups is 2. The summed E-state index contributed by atoms with van der Waals surface area (Å²) in [5.41, 5.74) is 1.85. The third-order valence-electron chi connectivity index (χ3n) is 8.75. The first-order valence-electron chi connectivity index (χ1n) is 16.9. The average Bonchev–Trinajstić information content (AvgIpc) is 3.13. The van der Waals surface area contributed by atoms with E-state index in [1.807, 2.05) is 61.5 Å². The Hall–Kier alpha value is -4.83. The number of hydrogen-bond acceptors (Lipinski definition) is 6. The van der Waals surface area contributed by atoms with Crippen LogP contribution in [-0.4, -0.2) is 57.5 Å². The van der Waals surface area contributed by atoms with Gasteiger partial charge in [-0.15, -0.1) is 0 Å². The van der Waals surface area contributed by atoms with E-state index in [4.69, 9.17) is 9.47 Å². The highest BCUT2D eigenvalue weighted by Gasteiger charge is 2.36. The maximum atomic E-state index is 14.8. The third-order valence-corrected chi connectivity index (χ3v) is 10.5. The van der Waals surface area contributed by atoms with Crippen LogP contribution in [0.4, 0.5) is 5.69 Å². The maximum absolute atomic E-state index is 14.8. The minimum absolute atomic E-state index is 0.0151. The van der Waals surface area contributed by atoms with Crippen LogP contribution in [0.3, 0.4) is 0 Å². The van der Waals surface area contributed by atoms with Gasteiger partial charge in [0.1, 0.15) is 24.1 Å². The van der Waals surface area contributed by atoms with Crippen LogP contribution in [-0.2, 0) is 32.6 Å². The lowest BCUT2D eigenvalue weighted by Gasteiger charge is -2.35. The van der Waals surface area contributed by atoms with Crippen LogP contribution >= 0.6 is 0 Å². The van der Waals surface area contributed by atoms with E-state index in [9.17, 15) is 18.0 Å². The molecule has 1 unspecified atom stereocenters. The smallest absolute Gasteiger partial charge is 0.264 e. The number of amides is 2. The fourth-order valence-electron chi connectivity index (χ4n) is 6.24. The molecule has 0 bridgehead atoms. The Morgan fingerprint density at radius 1 is 0.837 bits per heavy atom. The van der Waals surface area contributed by atoms with Crippen molar-refractivity contribution in [3.05, 3.63) is 120 Å². The van der Waals surface area contributed by atoms with Crippen LogP contribution in [0.25, 0.3) is 0 Å². The average molecular weight is 684 g/mol. The van der Waals surface area contributed by atoms with Crippen molar-refractivity contribution in [2.75, 3.05) is 24.6 Å². The lowest BCUT2D eigenvalue weighted by molar-refractivity contribution is -0.140. The molecule has 0 radical (unpaired) electrons. The lowest BCUT2D eigenvalue weighted by atomic mass is 9.94. The Kier molecular flexibility index (Phi) is 12.3. The summed E-state index contributed by atoms with van der Waals surface area (Å²) in [6.45, 7) is 1.60. The molecule has 0 spiro atoms. The lowest BCUT2D eigenvalue weighted by Crippen LogP contribution is -2.55. The molecule has 0 aromatic heterocycles. The highest BCUT2D eigenvalue weighted by molar-refractivity contribution is 7.92. The molecule has 1 aliphatic carbocycles. The quantitative estimate of drug-likeness (QED) is 0.156. The fraction of sp³-hybridized carbons (Fsp3) is 0.333. The van der Waals surface area contributed by atoms with Gasteiger partial charge in [-0.25, -0.2) is 8.42 Å². The molecule has 0 aliphatic heterocycles. The Labute approximate surface area is 289 Å². The van der Waals surface area contributed by atoms with E-state index in [1.165, 1.54) is 17.0 Å². The standard InChI is InChI=1S/C39H45N3O6S/c1-3-48-37-25-14-13-24-35(37)42(49(45,46)34-22-11-6-12-23-34)29-38(43)41(28-31-18-15-21-33(26-31)47-2)36(27-30-16-7-4-8-17-30)39(44)40-32-19-9-5-10-20-32/h4,6-8,11-18,21-26,32,36H,3,5,9-10,19-20,27-29H2,1-2H3,(H,40,44). The summed E-state index contributed by atoms with van der Waals surface area (Å²) in [6, 6.07) is 30.8. The van der Waals surface area contributed by atoms with Crippen LogP contribution in [0, 0.1) is 0 Å². The number of para-hydroxylation sites is 2. The van der Waals surface area contributed by atoms with Crippen molar-refractivity contribution in [1.82, 2.24) is 10.2 Å². The summed E-state index contributed by atoms with van der Waals surface area (Å²) in [4.78, 5) is 30.7. The molecule has 0 saturated heterocycles. The molecule has 1 N–H and O–H groups in total. The van der Waals surface area contributed by atoms with Crippen molar-refractivity contribution >= 4 is 27.5 Å². The number of nitrogens with one attached hydrogen (secondary N) is 1. The van der Waals surface area contributed by atoms with Crippen molar-refractivity contribution in [3.63, 3.8) is 0 Å². The normalized spacial score (nSPS) is 14.0. The van der Waals surface area contributed by atoms with Gasteiger partial charge >= 0.3 is 0 Å². The fourth-order valence-corrected chi connectivity index (χ4v) is 7.69. The number of ether oxygens (including phenoxy) is 2. The number of nitrogens with zero attached hydrogens (tertiary/aromatic N) is 2. The molecule has 1 saturated carbocycles. The number of rotatable bonds is 15. The van der Waals surface area contributed by atoms with Gasteiger partial charge < -0.3 is 19.7 Å².